The number of nitrogens with zero attached hydrogens (tertiary/aromatic N) is 1. The lowest BCUT2D eigenvalue weighted by Crippen LogP contribution is -2.02. The number of fused-ring (bicyclic) bond motifs is 1. The van der Waals surface area contributed by atoms with Crippen LogP contribution in [0.3, 0.4) is 0 Å². The number of aromatic hydroxyl groups is 1. The summed E-state index contributed by atoms with van der Waals surface area (Å²) < 4.78 is 0. The van der Waals surface area contributed by atoms with Gasteiger partial charge in [-0.1, -0.05) is 0 Å². The van der Waals surface area contributed by atoms with E-state index in [4.69, 9.17) is 0 Å². The van der Waals surface area contributed by atoms with Crippen molar-refractivity contribution in [1.29, 1.82) is 0 Å². The van der Waals surface area contributed by atoms with Crippen LogP contribution in [0, 0.1) is 6.92 Å². The fourth-order valence-corrected chi connectivity index (χ4v) is 1.12. The van der Waals surface area contributed by atoms with Gasteiger partial charge in [-0.15, -0.1) is 0 Å². The van der Waals surface area contributed by atoms with E-state index in [0.717, 1.165) is 11.8 Å². The molecule has 0 bridgehead atoms. The van der Waals surface area contributed by atoms with Crippen molar-refractivity contribution in [2.24, 2.45) is 0 Å². The zero-order valence-corrected chi connectivity index (χ0v) is 6.38. The molecule has 3 N–H and O–H groups in total. The normalized spacial score (nSPS) is 10.8. The van der Waals surface area contributed by atoms with Gasteiger partial charge >= 0.3 is 0 Å². The molecule has 5 heteroatoms. The zero-order chi connectivity index (χ0) is 8.72. The van der Waals surface area contributed by atoms with E-state index in [0.29, 0.717) is 11.0 Å². The molecule has 2 aromatic rings. The molecule has 0 aromatic carbocycles. The average Bonchev–Trinajstić information content (AvgIpc) is 2.33. The molecular formula is C7H7N3O2. The maximum Gasteiger partial charge on any atom is 0.252 e. The number of nitrogens with one attached hydrogen (secondary N) is 2. The molecule has 2 aromatic heterocycles. The molecule has 0 fully saturated rings. The van der Waals surface area contributed by atoms with E-state index in [1.807, 2.05) is 0 Å². The number of aryl methyl sites for hydroxylation is 1. The smallest absolute Gasteiger partial charge is 0.252 e. The Balaban J connectivity index is 3.02. The molecule has 5 nitrogen and oxygen atoms in total. The van der Waals surface area contributed by atoms with Crippen molar-refractivity contribution < 1.29 is 5.11 Å². The Hall–Kier alpha value is -1.78. The lowest BCUT2D eigenvalue weighted by molar-refractivity contribution is 0.479. The Labute approximate surface area is 67.1 Å². The summed E-state index contributed by atoms with van der Waals surface area (Å²) in [6.07, 6.45) is 0. The molecule has 0 saturated heterocycles. The topological polar surface area (TPSA) is 81.8 Å². The van der Waals surface area contributed by atoms with Gasteiger partial charge in [0.15, 0.2) is 11.3 Å². The zero-order valence-electron chi connectivity index (χ0n) is 6.38. The first kappa shape index (κ1) is 6.90. The quantitative estimate of drug-likeness (QED) is 0.523. The summed E-state index contributed by atoms with van der Waals surface area (Å²) >= 11 is 0. The maximum atomic E-state index is 10.9. The largest absolute Gasteiger partial charge is 0.505 e. The van der Waals surface area contributed by atoms with Gasteiger partial charge in [-0.25, -0.2) is 0 Å². The lowest BCUT2D eigenvalue weighted by Gasteiger charge is -1.91. The first-order chi connectivity index (χ1) is 5.68. The fourth-order valence-electron chi connectivity index (χ4n) is 1.12. The van der Waals surface area contributed by atoms with Crippen LogP contribution in [0.15, 0.2) is 10.9 Å². The standard InChI is InChI=1S/C7H7N3O2/c1-3-6-7(10-9-3)4(11)2-5(12)8-6/h2H,1H3,(H,9,10)(H2,8,11,12). The summed E-state index contributed by atoms with van der Waals surface area (Å²) in [7, 11) is 0. The van der Waals surface area contributed by atoms with Gasteiger partial charge in [0.1, 0.15) is 0 Å². The molecular weight excluding hydrogens is 158 g/mol. The number of hydrogen-bond acceptors (Lipinski definition) is 3. The summed E-state index contributed by atoms with van der Waals surface area (Å²) in [6.45, 7) is 1.77. The molecule has 2 heterocycles. The third-order valence-electron chi connectivity index (χ3n) is 1.71. The summed E-state index contributed by atoms with van der Waals surface area (Å²) in [4.78, 5) is 13.5. The molecule has 0 aliphatic heterocycles. The lowest BCUT2D eigenvalue weighted by atomic mass is 10.3. The third-order valence-corrected chi connectivity index (χ3v) is 1.71. The Morgan fingerprint density at radius 3 is 3.08 bits per heavy atom. The summed E-state index contributed by atoms with van der Waals surface area (Å²) in [5.74, 6) is -0.0990. The molecule has 0 unspecified atom stereocenters. The molecule has 0 atom stereocenters. The van der Waals surface area contributed by atoms with Gasteiger partial charge in [0, 0.05) is 6.07 Å². The predicted octanol–water partition coefficient (Wildman–Crippen LogP) is 0.265. The van der Waals surface area contributed by atoms with Crippen LogP contribution in [0.5, 0.6) is 5.75 Å². The van der Waals surface area contributed by atoms with Crippen molar-refractivity contribution >= 4 is 11.0 Å². The van der Waals surface area contributed by atoms with E-state index in [9.17, 15) is 9.90 Å². The van der Waals surface area contributed by atoms with Gasteiger partial charge in [-0.2, -0.15) is 5.10 Å². The van der Waals surface area contributed by atoms with Gasteiger partial charge < -0.3 is 10.1 Å². The SMILES string of the molecule is Cc1[nH]nc2c(O)cc(=O)[nH]c12. The number of H-pyrrole nitrogens is 2. The van der Waals surface area contributed by atoms with Crippen molar-refractivity contribution in [1.82, 2.24) is 15.2 Å². The van der Waals surface area contributed by atoms with Crippen LogP contribution in [-0.2, 0) is 0 Å². The average molecular weight is 165 g/mol. The van der Waals surface area contributed by atoms with Gasteiger partial charge in [0.25, 0.3) is 5.56 Å². The minimum Gasteiger partial charge on any atom is -0.505 e. The van der Waals surface area contributed by atoms with Crippen LogP contribution >= 0.6 is 0 Å². The molecule has 0 aliphatic carbocycles. The number of aromatic nitrogens is 3. The molecule has 0 saturated carbocycles. The number of rotatable bonds is 0. The molecule has 0 aliphatic rings. The Morgan fingerprint density at radius 1 is 1.58 bits per heavy atom. The monoisotopic (exact) mass is 165 g/mol. The summed E-state index contributed by atoms with van der Waals surface area (Å²) in [5.41, 5.74) is 1.36. The van der Waals surface area contributed by atoms with E-state index in [2.05, 4.69) is 15.2 Å². The highest BCUT2D eigenvalue weighted by Crippen LogP contribution is 2.19. The van der Waals surface area contributed by atoms with Crippen molar-refractivity contribution in [2.45, 2.75) is 6.92 Å². The Bertz CT molecular complexity index is 483. The van der Waals surface area contributed by atoms with E-state index in [-0.39, 0.29) is 11.3 Å². The highest BCUT2D eigenvalue weighted by Gasteiger charge is 2.06. The van der Waals surface area contributed by atoms with Crippen LogP contribution in [0.25, 0.3) is 11.0 Å². The predicted molar refractivity (Wildman–Crippen MR) is 43.1 cm³/mol. The highest BCUT2D eigenvalue weighted by molar-refractivity contribution is 5.81. The van der Waals surface area contributed by atoms with Gasteiger partial charge in [0.05, 0.1) is 11.2 Å². The Kier molecular flexibility index (Phi) is 1.21. The highest BCUT2D eigenvalue weighted by atomic mass is 16.3. The first-order valence-electron chi connectivity index (χ1n) is 3.45. The molecule has 2 rings (SSSR count). The third kappa shape index (κ3) is 0.795. The molecule has 0 spiro atoms. The van der Waals surface area contributed by atoms with Crippen LogP contribution in [-0.4, -0.2) is 20.3 Å². The van der Waals surface area contributed by atoms with Crippen LogP contribution in [0.1, 0.15) is 5.69 Å². The van der Waals surface area contributed by atoms with E-state index >= 15 is 0 Å². The van der Waals surface area contributed by atoms with Gasteiger partial charge in [0.2, 0.25) is 0 Å². The van der Waals surface area contributed by atoms with E-state index in [1.54, 1.807) is 6.92 Å². The fraction of sp³-hybridized carbons (Fsp3) is 0.143. The van der Waals surface area contributed by atoms with E-state index < -0.39 is 0 Å². The van der Waals surface area contributed by atoms with E-state index in [1.165, 1.54) is 0 Å². The van der Waals surface area contributed by atoms with Crippen LogP contribution in [0.4, 0.5) is 0 Å². The van der Waals surface area contributed by atoms with Crippen molar-refractivity contribution in [3.63, 3.8) is 0 Å². The van der Waals surface area contributed by atoms with Crippen molar-refractivity contribution in [3.8, 4) is 5.75 Å². The van der Waals surface area contributed by atoms with Crippen LogP contribution in [0.2, 0.25) is 0 Å². The minimum atomic E-state index is -0.329. The van der Waals surface area contributed by atoms with Gasteiger partial charge in [-0.3, -0.25) is 9.89 Å². The van der Waals surface area contributed by atoms with Gasteiger partial charge in [-0.05, 0) is 6.92 Å². The number of aromatic amines is 2. The second-order valence-electron chi connectivity index (χ2n) is 2.59. The van der Waals surface area contributed by atoms with Crippen molar-refractivity contribution in [2.75, 3.05) is 0 Å². The van der Waals surface area contributed by atoms with Crippen LogP contribution < -0.4 is 5.56 Å². The molecule has 12 heavy (non-hydrogen) atoms. The molecule has 0 amide bonds. The summed E-state index contributed by atoms with van der Waals surface area (Å²) in [5, 5.41) is 15.7. The molecule has 0 radical (unpaired) electrons. The first-order valence-corrected chi connectivity index (χ1v) is 3.45. The second-order valence-corrected chi connectivity index (χ2v) is 2.59. The Morgan fingerprint density at radius 2 is 2.33 bits per heavy atom. The minimum absolute atomic E-state index is 0.0990. The van der Waals surface area contributed by atoms with Crippen molar-refractivity contribution in [3.05, 3.63) is 22.1 Å². The number of pyridine rings is 1. The number of hydrogen-bond donors (Lipinski definition) is 3. The molecule has 62 valence electrons. The maximum absolute atomic E-state index is 10.9. The second kappa shape index (κ2) is 2.10. The summed E-state index contributed by atoms with van der Waals surface area (Å²) in [6, 6.07) is 1.10.